The zero-order valence-electron chi connectivity index (χ0n) is 16.5. The minimum atomic E-state index is -0.455. The summed E-state index contributed by atoms with van der Waals surface area (Å²) < 4.78 is 7.02. The molecule has 0 fully saturated rings. The van der Waals surface area contributed by atoms with Crippen molar-refractivity contribution < 1.29 is 9.53 Å². The Balaban J connectivity index is 1.73. The van der Waals surface area contributed by atoms with E-state index in [4.69, 9.17) is 27.9 Å². The molecule has 4 aromatic rings. The molecule has 0 aliphatic rings. The molecule has 158 valence electrons. The summed E-state index contributed by atoms with van der Waals surface area (Å²) in [5, 5.41) is 8.94. The second kappa shape index (κ2) is 8.66. The summed E-state index contributed by atoms with van der Waals surface area (Å²) in [6.45, 7) is 1.51. The maximum absolute atomic E-state index is 12.9. The number of thiazole rings is 1. The van der Waals surface area contributed by atoms with Gasteiger partial charge in [0.25, 0.3) is 5.56 Å². The topological polar surface area (TPSA) is 86.1 Å². The van der Waals surface area contributed by atoms with Gasteiger partial charge >= 0.3 is 0 Å². The number of rotatable bonds is 5. The summed E-state index contributed by atoms with van der Waals surface area (Å²) in [5.74, 6) is -0.00554. The van der Waals surface area contributed by atoms with E-state index in [1.807, 2.05) is 19.1 Å². The Morgan fingerprint density at radius 3 is 2.58 bits per heavy atom. The molecule has 0 saturated heterocycles. The molecule has 1 N–H and O–H groups in total. The largest absolute Gasteiger partial charge is 0.495 e. The van der Waals surface area contributed by atoms with Gasteiger partial charge in [-0.25, -0.2) is 9.67 Å². The SMILES string of the molecule is COc1ccc(Cl)cc1NC(=O)Cn1nc(-c2ccc(Cl)cc2)c2sc(C)nc2c1=O. The lowest BCUT2D eigenvalue weighted by molar-refractivity contribution is -0.117. The molecule has 4 rings (SSSR count). The molecule has 10 heteroatoms. The molecule has 0 unspecified atom stereocenters. The molecule has 0 aliphatic heterocycles. The van der Waals surface area contributed by atoms with Crippen LogP contribution in [-0.4, -0.2) is 27.8 Å². The summed E-state index contributed by atoms with van der Waals surface area (Å²) in [6.07, 6.45) is 0. The Hall–Kier alpha value is -2.94. The van der Waals surface area contributed by atoms with Gasteiger partial charge in [0.05, 0.1) is 22.5 Å². The van der Waals surface area contributed by atoms with Crippen LogP contribution in [0.2, 0.25) is 10.0 Å². The number of halogens is 2. The quantitative estimate of drug-likeness (QED) is 0.449. The van der Waals surface area contributed by atoms with Crippen LogP contribution in [0.25, 0.3) is 21.5 Å². The molecule has 2 aromatic heterocycles. The van der Waals surface area contributed by atoms with Gasteiger partial charge < -0.3 is 10.1 Å². The third-order valence-corrected chi connectivity index (χ3v) is 5.92. The standard InChI is InChI=1S/C21H16Cl2N4O3S/c1-11-24-19-20(31-11)18(12-3-5-13(22)6-4-12)26-27(21(19)29)10-17(28)25-15-9-14(23)7-8-16(15)30-2/h3-9H,10H2,1-2H3,(H,25,28). The monoisotopic (exact) mass is 474 g/mol. The Morgan fingerprint density at radius 2 is 1.87 bits per heavy atom. The van der Waals surface area contributed by atoms with Crippen molar-refractivity contribution in [2.75, 3.05) is 12.4 Å². The van der Waals surface area contributed by atoms with E-state index in [0.29, 0.717) is 31.9 Å². The van der Waals surface area contributed by atoms with E-state index in [9.17, 15) is 9.59 Å². The molecule has 0 atom stereocenters. The molecule has 0 spiro atoms. The molecule has 0 bridgehead atoms. The van der Waals surface area contributed by atoms with Crippen LogP contribution < -0.4 is 15.6 Å². The van der Waals surface area contributed by atoms with Crippen molar-refractivity contribution in [3.05, 3.63) is 67.9 Å². The van der Waals surface area contributed by atoms with Crippen LogP contribution in [0.1, 0.15) is 5.01 Å². The van der Waals surface area contributed by atoms with E-state index in [1.165, 1.54) is 18.4 Å². The first-order valence-corrected chi connectivity index (χ1v) is 10.7. The van der Waals surface area contributed by atoms with Crippen molar-refractivity contribution in [1.29, 1.82) is 0 Å². The number of hydrogen-bond acceptors (Lipinski definition) is 6. The number of aromatic nitrogens is 3. The molecule has 31 heavy (non-hydrogen) atoms. The zero-order chi connectivity index (χ0) is 22.1. The van der Waals surface area contributed by atoms with E-state index < -0.39 is 11.5 Å². The first kappa shape index (κ1) is 21.3. The van der Waals surface area contributed by atoms with E-state index >= 15 is 0 Å². The van der Waals surface area contributed by atoms with Gasteiger partial charge in [-0.3, -0.25) is 9.59 Å². The van der Waals surface area contributed by atoms with Crippen molar-refractivity contribution in [2.24, 2.45) is 0 Å². The minimum absolute atomic E-state index is 0.274. The number of ether oxygens (including phenoxy) is 1. The number of benzene rings is 2. The van der Waals surface area contributed by atoms with Gasteiger partial charge in [0, 0.05) is 15.6 Å². The molecule has 7 nitrogen and oxygen atoms in total. The van der Waals surface area contributed by atoms with Crippen molar-refractivity contribution in [3.63, 3.8) is 0 Å². The van der Waals surface area contributed by atoms with Gasteiger partial charge in [0.15, 0.2) is 5.52 Å². The molecule has 0 saturated carbocycles. The van der Waals surface area contributed by atoms with Gasteiger partial charge in [-0.05, 0) is 37.3 Å². The molecule has 0 radical (unpaired) electrons. The second-order valence-corrected chi connectivity index (χ2v) is 8.70. The predicted octanol–water partition coefficient (Wildman–Crippen LogP) is 4.78. The third-order valence-electron chi connectivity index (χ3n) is 4.45. The molecule has 1 amide bonds. The summed E-state index contributed by atoms with van der Waals surface area (Å²) >= 11 is 13.4. The molecule has 2 heterocycles. The van der Waals surface area contributed by atoms with Gasteiger partial charge in [-0.2, -0.15) is 5.10 Å². The first-order chi connectivity index (χ1) is 14.9. The molecular formula is C21H16Cl2N4O3S. The average molecular weight is 475 g/mol. The number of carbonyl (C=O) groups excluding carboxylic acids is 1. The van der Waals surface area contributed by atoms with Crippen LogP contribution >= 0.6 is 34.5 Å². The van der Waals surface area contributed by atoms with Crippen LogP contribution in [0, 0.1) is 6.92 Å². The highest BCUT2D eigenvalue weighted by molar-refractivity contribution is 7.19. The lowest BCUT2D eigenvalue weighted by atomic mass is 10.1. The normalized spacial score (nSPS) is 11.0. The van der Waals surface area contributed by atoms with Crippen molar-refractivity contribution in [1.82, 2.24) is 14.8 Å². The Bertz CT molecular complexity index is 1350. The lowest BCUT2D eigenvalue weighted by Crippen LogP contribution is -2.30. The van der Waals surface area contributed by atoms with E-state index in [0.717, 1.165) is 15.3 Å². The summed E-state index contributed by atoms with van der Waals surface area (Å²) in [6, 6.07) is 12.0. The van der Waals surface area contributed by atoms with Crippen LogP contribution in [0.4, 0.5) is 5.69 Å². The maximum atomic E-state index is 12.9. The first-order valence-electron chi connectivity index (χ1n) is 9.13. The highest BCUT2D eigenvalue weighted by Gasteiger charge is 2.18. The highest BCUT2D eigenvalue weighted by atomic mass is 35.5. The lowest BCUT2D eigenvalue weighted by Gasteiger charge is -2.12. The van der Waals surface area contributed by atoms with Gasteiger partial charge in [0.1, 0.15) is 18.0 Å². The van der Waals surface area contributed by atoms with E-state index in [2.05, 4.69) is 15.4 Å². The molecule has 2 aromatic carbocycles. The molecular weight excluding hydrogens is 459 g/mol. The number of aryl methyl sites for hydroxylation is 1. The number of nitrogens with zero attached hydrogens (tertiary/aromatic N) is 3. The van der Waals surface area contributed by atoms with Gasteiger partial charge in [0.2, 0.25) is 5.91 Å². The predicted molar refractivity (Wildman–Crippen MR) is 123 cm³/mol. The smallest absolute Gasteiger partial charge is 0.294 e. The van der Waals surface area contributed by atoms with Crippen molar-refractivity contribution in [2.45, 2.75) is 13.5 Å². The van der Waals surface area contributed by atoms with Crippen LogP contribution in [-0.2, 0) is 11.3 Å². The Labute approximate surface area is 191 Å². The fourth-order valence-electron chi connectivity index (χ4n) is 3.07. The van der Waals surface area contributed by atoms with Gasteiger partial charge in [-0.15, -0.1) is 11.3 Å². The van der Waals surface area contributed by atoms with Crippen LogP contribution in [0.15, 0.2) is 47.3 Å². The second-order valence-electron chi connectivity index (χ2n) is 6.62. The fourth-order valence-corrected chi connectivity index (χ4v) is 4.29. The minimum Gasteiger partial charge on any atom is -0.495 e. The number of carbonyl (C=O) groups is 1. The number of amides is 1. The van der Waals surface area contributed by atoms with E-state index in [-0.39, 0.29) is 12.1 Å². The Morgan fingerprint density at radius 1 is 1.16 bits per heavy atom. The third kappa shape index (κ3) is 4.41. The van der Waals surface area contributed by atoms with Crippen LogP contribution in [0.5, 0.6) is 5.75 Å². The van der Waals surface area contributed by atoms with Gasteiger partial charge in [-0.1, -0.05) is 35.3 Å². The van der Waals surface area contributed by atoms with Crippen molar-refractivity contribution in [3.8, 4) is 17.0 Å². The number of anilines is 1. The maximum Gasteiger partial charge on any atom is 0.294 e. The van der Waals surface area contributed by atoms with Crippen molar-refractivity contribution >= 4 is 56.3 Å². The zero-order valence-corrected chi connectivity index (χ0v) is 18.8. The number of methoxy groups -OCH3 is 1. The van der Waals surface area contributed by atoms with Crippen LogP contribution in [0.3, 0.4) is 0 Å². The highest BCUT2D eigenvalue weighted by Crippen LogP contribution is 2.30. The number of hydrogen-bond donors (Lipinski definition) is 1. The number of nitrogens with one attached hydrogen (secondary N) is 1. The summed E-state index contributed by atoms with van der Waals surface area (Å²) in [5.41, 5.74) is 1.56. The average Bonchev–Trinajstić information content (AvgIpc) is 3.13. The molecule has 0 aliphatic carbocycles. The van der Waals surface area contributed by atoms with E-state index in [1.54, 1.807) is 30.3 Å². The fraction of sp³-hybridized carbons (Fsp3) is 0.143. The Kier molecular flexibility index (Phi) is 5.95. The summed E-state index contributed by atoms with van der Waals surface area (Å²) in [4.78, 5) is 30.0. The summed E-state index contributed by atoms with van der Waals surface area (Å²) in [7, 11) is 1.49. The number of fused-ring (bicyclic) bond motifs is 1.